The topological polar surface area (TPSA) is 111 Å². The van der Waals surface area contributed by atoms with Crippen molar-refractivity contribution in [3.05, 3.63) is 47.0 Å². The SMILES string of the molecule is COc1ccc(OC)c(NC(=O)CSC2=NC3NNC(C)C3C(=N)N2c2ccc(C)c(Cl)c2)c1. The van der Waals surface area contributed by atoms with Gasteiger partial charge in [0, 0.05) is 17.1 Å². The maximum absolute atomic E-state index is 12.8. The Morgan fingerprint density at radius 1 is 1.24 bits per heavy atom. The summed E-state index contributed by atoms with van der Waals surface area (Å²) >= 11 is 7.64. The zero-order chi connectivity index (χ0) is 24.4. The van der Waals surface area contributed by atoms with Gasteiger partial charge in [-0.3, -0.25) is 20.5 Å². The van der Waals surface area contributed by atoms with Crippen LogP contribution < -0.4 is 30.5 Å². The van der Waals surface area contributed by atoms with E-state index in [2.05, 4.69) is 16.2 Å². The Morgan fingerprint density at radius 3 is 2.74 bits per heavy atom. The van der Waals surface area contributed by atoms with E-state index in [4.69, 9.17) is 31.5 Å². The van der Waals surface area contributed by atoms with Crippen LogP contribution in [0.2, 0.25) is 5.02 Å². The van der Waals surface area contributed by atoms with Crippen LogP contribution in [0.5, 0.6) is 11.5 Å². The largest absolute Gasteiger partial charge is 0.497 e. The van der Waals surface area contributed by atoms with Crippen LogP contribution in [0.25, 0.3) is 0 Å². The van der Waals surface area contributed by atoms with E-state index >= 15 is 0 Å². The van der Waals surface area contributed by atoms with Gasteiger partial charge in [0.15, 0.2) is 5.17 Å². The van der Waals surface area contributed by atoms with Crippen molar-refractivity contribution in [3.8, 4) is 11.5 Å². The highest BCUT2D eigenvalue weighted by atomic mass is 35.5. The van der Waals surface area contributed by atoms with E-state index in [9.17, 15) is 4.79 Å². The van der Waals surface area contributed by atoms with Crippen molar-refractivity contribution in [1.82, 2.24) is 10.9 Å². The van der Waals surface area contributed by atoms with Gasteiger partial charge in [0.1, 0.15) is 23.5 Å². The second-order valence-corrected chi connectivity index (χ2v) is 9.37. The Balaban J connectivity index is 1.56. The molecule has 0 aliphatic carbocycles. The molecule has 0 spiro atoms. The van der Waals surface area contributed by atoms with E-state index in [0.29, 0.717) is 33.2 Å². The molecule has 0 aromatic heterocycles. The Kier molecular flexibility index (Phi) is 7.32. The number of amides is 1. The number of nitrogens with one attached hydrogen (secondary N) is 4. The van der Waals surface area contributed by atoms with E-state index in [-0.39, 0.29) is 29.8 Å². The second kappa shape index (κ2) is 10.2. The maximum Gasteiger partial charge on any atom is 0.234 e. The number of nitrogens with zero attached hydrogens (tertiary/aromatic N) is 2. The molecule has 2 aliphatic rings. The number of methoxy groups -OCH3 is 2. The number of aryl methyl sites for hydroxylation is 1. The highest BCUT2D eigenvalue weighted by Crippen LogP contribution is 2.34. The zero-order valence-corrected chi connectivity index (χ0v) is 20.9. The lowest BCUT2D eigenvalue weighted by atomic mass is 9.97. The summed E-state index contributed by atoms with van der Waals surface area (Å²) in [6.07, 6.45) is -0.288. The third kappa shape index (κ3) is 4.85. The molecule has 1 fully saturated rings. The minimum atomic E-state index is -0.288. The minimum Gasteiger partial charge on any atom is -0.497 e. The van der Waals surface area contributed by atoms with Crippen LogP contribution in [-0.4, -0.2) is 49.1 Å². The first-order valence-electron chi connectivity index (χ1n) is 10.7. The van der Waals surface area contributed by atoms with Gasteiger partial charge in [-0.2, -0.15) is 0 Å². The molecule has 2 aromatic carbocycles. The number of aliphatic imine (C=N–C) groups is 1. The van der Waals surface area contributed by atoms with Crippen molar-refractivity contribution in [2.45, 2.75) is 26.1 Å². The second-order valence-electron chi connectivity index (χ2n) is 8.02. The van der Waals surface area contributed by atoms with Gasteiger partial charge >= 0.3 is 0 Å². The normalized spacial score (nSPS) is 21.7. The fourth-order valence-corrected chi connectivity index (χ4v) is 4.93. The number of thioether (sulfide) groups is 1. The fraction of sp³-hybridized carbons (Fsp3) is 0.348. The first-order chi connectivity index (χ1) is 16.3. The summed E-state index contributed by atoms with van der Waals surface area (Å²) in [5.74, 6) is 1.23. The summed E-state index contributed by atoms with van der Waals surface area (Å²) in [5, 5.41) is 13.0. The molecule has 11 heteroatoms. The summed E-state index contributed by atoms with van der Waals surface area (Å²) in [4.78, 5) is 19.4. The molecule has 1 saturated heterocycles. The van der Waals surface area contributed by atoms with E-state index in [1.165, 1.54) is 11.8 Å². The number of anilines is 2. The van der Waals surface area contributed by atoms with Crippen molar-refractivity contribution in [2.75, 3.05) is 30.2 Å². The van der Waals surface area contributed by atoms with Crippen molar-refractivity contribution in [1.29, 1.82) is 5.41 Å². The van der Waals surface area contributed by atoms with Gasteiger partial charge in [0.25, 0.3) is 0 Å². The number of ether oxygens (including phenoxy) is 2. The molecule has 3 atom stereocenters. The first-order valence-corrected chi connectivity index (χ1v) is 12.1. The number of carbonyl (C=O) groups is 1. The Labute approximate surface area is 207 Å². The average Bonchev–Trinajstić information content (AvgIpc) is 3.20. The van der Waals surface area contributed by atoms with E-state index in [1.807, 2.05) is 32.0 Å². The highest BCUT2D eigenvalue weighted by Gasteiger charge is 2.43. The third-order valence-corrected chi connectivity index (χ3v) is 7.12. The van der Waals surface area contributed by atoms with Gasteiger partial charge in [-0.1, -0.05) is 29.4 Å². The number of hydrogen-bond acceptors (Lipinski definition) is 8. The number of fused-ring (bicyclic) bond motifs is 1. The molecule has 4 rings (SSSR count). The Morgan fingerprint density at radius 2 is 2.03 bits per heavy atom. The number of hydrogen-bond donors (Lipinski definition) is 4. The minimum absolute atomic E-state index is 0.0278. The fourth-order valence-electron chi connectivity index (χ4n) is 3.90. The van der Waals surface area contributed by atoms with E-state index < -0.39 is 0 Å². The van der Waals surface area contributed by atoms with Crippen LogP contribution in [0, 0.1) is 18.3 Å². The van der Waals surface area contributed by atoms with Crippen LogP contribution in [0.4, 0.5) is 11.4 Å². The smallest absolute Gasteiger partial charge is 0.234 e. The summed E-state index contributed by atoms with van der Waals surface area (Å²) < 4.78 is 10.6. The number of halogens is 1. The third-order valence-electron chi connectivity index (χ3n) is 5.76. The van der Waals surface area contributed by atoms with Crippen LogP contribution in [0.1, 0.15) is 12.5 Å². The van der Waals surface area contributed by atoms with Crippen molar-refractivity contribution in [3.63, 3.8) is 0 Å². The lowest BCUT2D eigenvalue weighted by molar-refractivity contribution is -0.113. The van der Waals surface area contributed by atoms with E-state index in [0.717, 1.165) is 11.3 Å². The lowest BCUT2D eigenvalue weighted by Gasteiger charge is -2.36. The molecule has 2 aliphatic heterocycles. The van der Waals surface area contributed by atoms with Gasteiger partial charge in [-0.25, -0.2) is 10.4 Å². The quantitative estimate of drug-likeness (QED) is 0.477. The van der Waals surface area contributed by atoms with Gasteiger partial charge in [-0.15, -0.1) is 0 Å². The maximum atomic E-state index is 12.8. The molecule has 180 valence electrons. The number of benzene rings is 2. The molecular weight excluding hydrogens is 476 g/mol. The Hall–Kier alpha value is -2.79. The summed E-state index contributed by atoms with van der Waals surface area (Å²) in [6, 6.07) is 10.9. The molecule has 0 saturated carbocycles. The summed E-state index contributed by atoms with van der Waals surface area (Å²) in [6.45, 7) is 3.94. The molecule has 1 amide bonds. The highest BCUT2D eigenvalue weighted by molar-refractivity contribution is 8.14. The molecule has 3 unspecified atom stereocenters. The molecule has 0 radical (unpaired) electrons. The van der Waals surface area contributed by atoms with Crippen LogP contribution in [0.15, 0.2) is 41.4 Å². The van der Waals surface area contributed by atoms with Gasteiger partial charge in [-0.05, 0) is 43.7 Å². The molecule has 2 aromatic rings. The molecule has 34 heavy (non-hydrogen) atoms. The van der Waals surface area contributed by atoms with Crippen LogP contribution in [-0.2, 0) is 4.79 Å². The molecule has 4 N–H and O–H groups in total. The van der Waals surface area contributed by atoms with Crippen molar-refractivity contribution < 1.29 is 14.3 Å². The number of carbonyl (C=O) groups excluding carboxylic acids is 1. The molecule has 2 heterocycles. The first kappa shape index (κ1) is 24.3. The van der Waals surface area contributed by atoms with Crippen LogP contribution in [0.3, 0.4) is 0 Å². The number of hydrazine groups is 1. The standard InChI is InChI=1S/C23H27ClN6O3S/c1-12-5-6-14(9-16(12)24)30-21(25)20-13(2)28-29-22(20)27-23(30)34-11-19(31)26-17-10-15(32-3)7-8-18(17)33-4/h5-10,13,20,22,25,28-29H,11H2,1-4H3,(H,26,31). The summed E-state index contributed by atoms with van der Waals surface area (Å²) in [7, 11) is 3.10. The van der Waals surface area contributed by atoms with Crippen molar-refractivity contribution >= 4 is 51.6 Å². The molecule has 0 bridgehead atoms. The van der Waals surface area contributed by atoms with Gasteiger partial charge < -0.3 is 14.8 Å². The molecular formula is C23H27ClN6O3S. The number of rotatable bonds is 6. The zero-order valence-electron chi connectivity index (χ0n) is 19.3. The number of amidine groups is 2. The monoisotopic (exact) mass is 502 g/mol. The molecule has 9 nitrogen and oxygen atoms in total. The van der Waals surface area contributed by atoms with E-state index in [1.54, 1.807) is 37.3 Å². The Bertz CT molecular complexity index is 1140. The van der Waals surface area contributed by atoms with Gasteiger partial charge in [0.05, 0.1) is 37.3 Å². The van der Waals surface area contributed by atoms with Gasteiger partial charge in [0.2, 0.25) is 5.91 Å². The summed E-state index contributed by atoms with van der Waals surface area (Å²) in [5.41, 5.74) is 8.50. The predicted molar refractivity (Wildman–Crippen MR) is 137 cm³/mol. The van der Waals surface area contributed by atoms with Crippen molar-refractivity contribution in [2.24, 2.45) is 10.9 Å². The lowest BCUT2D eigenvalue weighted by Crippen LogP contribution is -2.50. The van der Waals surface area contributed by atoms with Crippen LogP contribution >= 0.6 is 23.4 Å². The average molecular weight is 503 g/mol. The predicted octanol–water partition coefficient (Wildman–Crippen LogP) is 3.63.